The molecule has 3 N–H and O–H groups in total. The molecule has 0 radical (unpaired) electrons. The molecule has 22 heavy (non-hydrogen) atoms. The van der Waals surface area contributed by atoms with E-state index in [9.17, 15) is 9.59 Å². The van der Waals surface area contributed by atoms with Crippen molar-refractivity contribution in [2.24, 2.45) is 0 Å². The molecule has 0 aliphatic rings. The number of H-pyrrole nitrogens is 3. The molecule has 2 aromatic heterocycles. The fraction of sp³-hybridized carbons (Fsp3) is 0.0769. The number of hydrogen-bond donors (Lipinski definition) is 3. The summed E-state index contributed by atoms with van der Waals surface area (Å²) in [5.41, 5.74) is 0.198. The van der Waals surface area contributed by atoms with Crippen molar-refractivity contribution in [2.45, 2.75) is 6.42 Å². The minimum atomic E-state index is -0.560. The van der Waals surface area contributed by atoms with Gasteiger partial charge in [0.15, 0.2) is 4.77 Å². The van der Waals surface area contributed by atoms with Crippen LogP contribution in [0.1, 0.15) is 11.5 Å². The van der Waals surface area contributed by atoms with Crippen LogP contribution in [0, 0.1) is 4.77 Å². The van der Waals surface area contributed by atoms with Crippen LogP contribution in [-0.2, 0) is 6.42 Å². The SMILES string of the molecule is O=c1cc(Cc2n[nH]c(=S)n2-c2ccc(Cl)cc2)[nH]c(=O)[nH]1. The molecule has 7 nitrogen and oxygen atoms in total. The number of nitrogens with one attached hydrogen (secondary N) is 3. The van der Waals surface area contributed by atoms with E-state index >= 15 is 0 Å². The Morgan fingerprint density at radius 3 is 2.59 bits per heavy atom. The Morgan fingerprint density at radius 1 is 1.18 bits per heavy atom. The quantitative estimate of drug-likeness (QED) is 0.632. The Balaban J connectivity index is 2.06. The van der Waals surface area contributed by atoms with Gasteiger partial charge in [-0.25, -0.2) is 4.79 Å². The first-order chi connectivity index (χ1) is 10.5. The molecule has 0 spiro atoms. The van der Waals surface area contributed by atoms with Gasteiger partial charge >= 0.3 is 5.69 Å². The molecule has 0 aliphatic heterocycles. The van der Waals surface area contributed by atoms with Gasteiger partial charge < -0.3 is 4.98 Å². The first kappa shape index (κ1) is 14.5. The molecule has 3 rings (SSSR count). The van der Waals surface area contributed by atoms with Crippen LogP contribution in [0.3, 0.4) is 0 Å². The van der Waals surface area contributed by atoms with Gasteiger partial charge in [0.2, 0.25) is 0 Å². The Labute approximate surface area is 133 Å². The van der Waals surface area contributed by atoms with E-state index in [0.29, 0.717) is 21.3 Å². The van der Waals surface area contributed by atoms with E-state index in [1.165, 1.54) is 6.07 Å². The molecule has 0 unspecified atom stereocenters. The van der Waals surface area contributed by atoms with Crippen molar-refractivity contribution in [1.82, 2.24) is 24.7 Å². The number of rotatable bonds is 3. The van der Waals surface area contributed by atoms with Crippen LogP contribution in [-0.4, -0.2) is 24.7 Å². The average molecular weight is 336 g/mol. The third-order valence-corrected chi connectivity index (χ3v) is 3.52. The van der Waals surface area contributed by atoms with Crippen molar-refractivity contribution in [3.63, 3.8) is 0 Å². The second-order valence-corrected chi connectivity index (χ2v) is 5.37. The molecule has 2 heterocycles. The lowest BCUT2D eigenvalue weighted by Crippen LogP contribution is -2.23. The van der Waals surface area contributed by atoms with E-state index in [0.717, 1.165) is 5.69 Å². The number of halogens is 1. The van der Waals surface area contributed by atoms with Crippen molar-refractivity contribution in [1.29, 1.82) is 0 Å². The fourth-order valence-corrected chi connectivity index (χ4v) is 2.47. The lowest BCUT2D eigenvalue weighted by atomic mass is 10.2. The van der Waals surface area contributed by atoms with Crippen molar-refractivity contribution in [2.75, 3.05) is 0 Å². The molecule has 0 fully saturated rings. The summed E-state index contributed by atoms with van der Waals surface area (Å²) < 4.78 is 2.12. The number of aromatic nitrogens is 5. The highest BCUT2D eigenvalue weighted by molar-refractivity contribution is 7.71. The first-order valence-electron chi connectivity index (χ1n) is 6.28. The van der Waals surface area contributed by atoms with Crippen molar-refractivity contribution >= 4 is 23.8 Å². The largest absolute Gasteiger partial charge is 0.325 e. The third-order valence-electron chi connectivity index (χ3n) is 2.99. The van der Waals surface area contributed by atoms with Gasteiger partial charge in [0.1, 0.15) is 5.82 Å². The number of aromatic amines is 3. The zero-order valence-corrected chi connectivity index (χ0v) is 12.7. The predicted octanol–water partition coefficient (Wildman–Crippen LogP) is 1.55. The van der Waals surface area contributed by atoms with Crippen LogP contribution in [0.5, 0.6) is 0 Å². The number of nitrogens with zero attached hydrogens (tertiary/aromatic N) is 2. The van der Waals surface area contributed by atoms with Gasteiger partial charge in [0.25, 0.3) is 5.56 Å². The molecule has 0 amide bonds. The van der Waals surface area contributed by atoms with E-state index in [1.807, 2.05) is 0 Å². The van der Waals surface area contributed by atoms with E-state index in [1.54, 1.807) is 28.8 Å². The molecule has 0 saturated heterocycles. The standard InChI is InChI=1S/C13H10ClN5O2S/c14-7-1-3-9(4-2-7)19-10(17-18-13(19)22)5-8-6-11(20)16-12(21)15-8/h1-4,6H,5H2,(H,18,22)(H2,15,16,20,21). The smallest absolute Gasteiger partial charge is 0.311 e. The topological polar surface area (TPSA) is 99.3 Å². The van der Waals surface area contributed by atoms with E-state index in [2.05, 4.69) is 20.2 Å². The van der Waals surface area contributed by atoms with Crippen LogP contribution in [0.15, 0.2) is 39.9 Å². The molecule has 3 aromatic rings. The summed E-state index contributed by atoms with van der Waals surface area (Å²) in [5, 5.41) is 7.46. The van der Waals surface area contributed by atoms with Gasteiger partial charge in [-0.2, -0.15) is 5.10 Å². The third kappa shape index (κ3) is 2.92. The monoisotopic (exact) mass is 335 g/mol. The van der Waals surface area contributed by atoms with Crippen LogP contribution in [0.2, 0.25) is 5.02 Å². The summed E-state index contributed by atoms with van der Waals surface area (Å²) in [6.45, 7) is 0. The Hall–Kier alpha value is -2.45. The van der Waals surface area contributed by atoms with E-state index in [-0.39, 0.29) is 6.42 Å². The number of hydrogen-bond acceptors (Lipinski definition) is 4. The summed E-state index contributed by atoms with van der Waals surface area (Å²) in [6.07, 6.45) is 0.245. The Bertz CT molecular complexity index is 955. The highest BCUT2D eigenvalue weighted by atomic mass is 35.5. The second-order valence-electron chi connectivity index (χ2n) is 4.55. The molecule has 1 aromatic carbocycles. The molecule has 0 saturated carbocycles. The Kier molecular flexibility index (Phi) is 3.78. The van der Waals surface area contributed by atoms with Gasteiger partial charge in [-0.15, -0.1) is 0 Å². The fourth-order valence-electron chi connectivity index (χ4n) is 2.09. The van der Waals surface area contributed by atoms with Gasteiger partial charge in [-0.1, -0.05) is 11.6 Å². The van der Waals surface area contributed by atoms with Gasteiger partial charge in [0.05, 0.1) is 0 Å². The molecule has 9 heteroatoms. The normalized spacial score (nSPS) is 10.8. The summed E-state index contributed by atoms with van der Waals surface area (Å²) in [6, 6.07) is 8.40. The van der Waals surface area contributed by atoms with Crippen molar-refractivity contribution in [3.05, 3.63) is 72.5 Å². The maximum Gasteiger partial charge on any atom is 0.325 e. The van der Waals surface area contributed by atoms with Gasteiger partial charge in [0, 0.05) is 28.9 Å². The van der Waals surface area contributed by atoms with Crippen LogP contribution >= 0.6 is 23.8 Å². The second kappa shape index (κ2) is 5.74. The zero-order chi connectivity index (χ0) is 15.7. The predicted molar refractivity (Wildman–Crippen MR) is 84.2 cm³/mol. The van der Waals surface area contributed by atoms with E-state index in [4.69, 9.17) is 23.8 Å². The minimum absolute atomic E-state index is 0.245. The lowest BCUT2D eigenvalue weighted by Gasteiger charge is -2.06. The van der Waals surface area contributed by atoms with Crippen molar-refractivity contribution < 1.29 is 0 Å². The highest BCUT2D eigenvalue weighted by Gasteiger charge is 2.10. The molecule has 112 valence electrons. The average Bonchev–Trinajstić information content (AvgIpc) is 2.80. The minimum Gasteiger partial charge on any atom is -0.311 e. The highest BCUT2D eigenvalue weighted by Crippen LogP contribution is 2.16. The summed E-state index contributed by atoms with van der Waals surface area (Å²) >= 11 is 11.1. The van der Waals surface area contributed by atoms with Gasteiger partial charge in [-0.3, -0.25) is 19.4 Å². The molecule has 0 bridgehead atoms. The summed E-state index contributed by atoms with van der Waals surface area (Å²) in [4.78, 5) is 27.3. The maximum absolute atomic E-state index is 11.4. The molecule has 0 atom stereocenters. The van der Waals surface area contributed by atoms with Crippen LogP contribution < -0.4 is 11.2 Å². The molecular formula is C13H10ClN5O2S. The Morgan fingerprint density at radius 2 is 1.91 bits per heavy atom. The van der Waals surface area contributed by atoms with Gasteiger partial charge in [-0.05, 0) is 36.5 Å². The molecule has 0 aliphatic carbocycles. The van der Waals surface area contributed by atoms with Crippen LogP contribution in [0.4, 0.5) is 0 Å². The summed E-state index contributed by atoms with van der Waals surface area (Å²) in [7, 11) is 0. The zero-order valence-electron chi connectivity index (χ0n) is 11.1. The summed E-state index contributed by atoms with van der Waals surface area (Å²) in [5.74, 6) is 0.563. The maximum atomic E-state index is 11.4. The lowest BCUT2D eigenvalue weighted by molar-refractivity contribution is 0.860. The first-order valence-corrected chi connectivity index (χ1v) is 7.06. The van der Waals surface area contributed by atoms with Crippen molar-refractivity contribution in [3.8, 4) is 5.69 Å². The number of benzene rings is 1. The molecular weight excluding hydrogens is 326 g/mol. The van der Waals surface area contributed by atoms with E-state index < -0.39 is 11.2 Å². The van der Waals surface area contributed by atoms with Crippen LogP contribution in [0.25, 0.3) is 5.69 Å².